The van der Waals surface area contributed by atoms with E-state index in [-0.39, 0.29) is 5.91 Å². The third-order valence-corrected chi connectivity index (χ3v) is 5.83. The number of amides is 2. The Hall–Kier alpha value is -4.46. The van der Waals surface area contributed by atoms with Gasteiger partial charge in [-0.2, -0.15) is 0 Å². The molecule has 2 N–H and O–H groups in total. The van der Waals surface area contributed by atoms with E-state index in [0.29, 0.717) is 33.4 Å². The predicted octanol–water partition coefficient (Wildman–Crippen LogP) is 4.95. The molecule has 4 aromatic rings. The fourth-order valence-corrected chi connectivity index (χ4v) is 3.93. The van der Waals surface area contributed by atoms with Gasteiger partial charge in [0.1, 0.15) is 22.7 Å². The van der Waals surface area contributed by atoms with Gasteiger partial charge in [0.2, 0.25) is 0 Å². The lowest BCUT2D eigenvalue weighted by Crippen LogP contribution is -2.50. The quantitative estimate of drug-likeness (QED) is 0.375. The van der Waals surface area contributed by atoms with Gasteiger partial charge in [-0.05, 0) is 73.5 Å². The van der Waals surface area contributed by atoms with Gasteiger partial charge in [0.25, 0.3) is 11.8 Å². The number of halogens is 1. The van der Waals surface area contributed by atoms with E-state index in [2.05, 4.69) is 10.6 Å². The molecule has 2 amide bonds. The Labute approximate surface area is 207 Å². The minimum atomic E-state index is -1.20. The smallest absolute Gasteiger partial charge is 0.330 e. The van der Waals surface area contributed by atoms with Crippen molar-refractivity contribution >= 4 is 28.8 Å². The van der Waals surface area contributed by atoms with Crippen LogP contribution in [-0.2, 0) is 9.53 Å². The van der Waals surface area contributed by atoms with Crippen molar-refractivity contribution in [3.05, 3.63) is 83.7 Å². The molecule has 0 fully saturated rings. The zero-order valence-electron chi connectivity index (χ0n) is 20.3. The number of methoxy groups -OCH3 is 1. The maximum absolute atomic E-state index is 13.4. The monoisotopic (exact) mass is 488 g/mol. The standard InChI is InChI=1S/C28H25FN2O5/c1-28(2,27(34)35-4)31-25(32)19-7-5-6-17(14-19)18-10-13-22-21(15-18)23(26(33)30-3)24(36-22)16-8-11-20(29)12-9-16/h5-15H,1-4H3,(H,30,33)(H,31,32). The van der Waals surface area contributed by atoms with Crippen molar-refractivity contribution in [2.45, 2.75) is 19.4 Å². The molecule has 0 aliphatic heterocycles. The van der Waals surface area contributed by atoms with Crippen LogP contribution in [0.2, 0.25) is 0 Å². The molecule has 7 nitrogen and oxygen atoms in total. The first-order valence-electron chi connectivity index (χ1n) is 11.2. The first-order chi connectivity index (χ1) is 17.1. The van der Waals surface area contributed by atoms with Crippen molar-refractivity contribution in [2.75, 3.05) is 14.2 Å². The Balaban J connectivity index is 1.76. The molecule has 0 bridgehead atoms. The van der Waals surface area contributed by atoms with Gasteiger partial charge >= 0.3 is 5.97 Å². The van der Waals surface area contributed by atoms with Crippen LogP contribution >= 0.6 is 0 Å². The zero-order chi connectivity index (χ0) is 26.0. The number of ether oxygens (including phenoxy) is 1. The molecule has 36 heavy (non-hydrogen) atoms. The number of hydrogen-bond acceptors (Lipinski definition) is 5. The third kappa shape index (κ3) is 4.70. The molecule has 8 heteroatoms. The van der Waals surface area contributed by atoms with Gasteiger partial charge < -0.3 is 19.8 Å². The normalized spacial score (nSPS) is 11.2. The molecule has 0 aliphatic carbocycles. The van der Waals surface area contributed by atoms with Crippen molar-refractivity contribution < 1.29 is 27.9 Å². The summed E-state index contributed by atoms with van der Waals surface area (Å²) in [6.07, 6.45) is 0. The Morgan fingerprint density at radius 2 is 1.56 bits per heavy atom. The summed E-state index contributed by atoms with van der Waals surface area (Å²) in [5.74, 6) is -1.39. The molecule has 0 saturated carbocycles. The van der Waals surface area contributed by atoms with Crippen LogP contribution < -0.4 is 10.6 Å². The molecule has 0 saturated heterocycles. The van der Waals surface area contributed by atoms with Gasteiger partial charge in [0.15, 0.2) is 0 Å². The number of fused-ring (bicyclic) bond motifs is 1. The first-order valence-corrected chi connectivity index (χ1v) is 11.2. The highest BCUT2D eigenvalue weighted by molar-refractivity contribution is 6.12. The topological polar surface area (TPSA) is 97.6 Å². The Bertz CT molecular complexity index is 1470. The molecule has 4 rings (SSSR count). The molecule has 0 unspecified atom stereocenters. The van der Waals surface area contributed by atoms with Crippen molar-refractivity contribution in [3.63, 3.8) is 0 Å². The van der Waals surface area contributed by atoms with Crippen LogP contribution in [0.25, 0.3) is 33.4 Å². The first kappa shape index (κ1) is 24.7. The zero-order valence-corrected chi connectivity index (χ0v) is 20.3. The van der Waals surface area contributed by atoms with Crippen LogP contribution in [0.15, 0.2) is 71.1 Å². The second-order valence-corrected chi connectivity index (χ2v) is 8.75. The van der Waals surface area contributed by atoms with Crippen molar-refractivity contribution in [1.82, 2.24) is 10.6 Å². The number of nitrogens with one attached hydrogen (secondary N) is 2. The summed E-state index contributed by atoms with van der Waals surface area (Å²) in [6.45, 7) is 3.12. The minimum Gasteiger partial charge on any atom is -0.467 e. The van der Waals surface area contributed by atoms with Crippen LogP contribution in [0, 0.1) is 5.82 Å². The van der Waals surface area contributed by atoms with Crippen LogP contribution in [0.1, 0.15) is 34.6 Å². The van der Waals surface area contributed by atoms with E-state index in [0.717, 1.165) is 11.1 Å². The largest absolute Gasteiger partial charge is 0.467 e. The average molecular weight is 489 g/mol. The molecule has 1 heterocycles. The van der Waals surface area contributed by atoms with Gasteiger partial charge in [-0.25, -0.2) is 9.18 Å². The highest BCUT2D eigenvalue weighted by Gasteiger charge is 2.31. The van der Waals surface area contributed by atoms with Gasteiger partial charge in [-0.3, -0.25) is 9.59 Å². The summed E-state index contributed by atoms with van der Waals surface area (Å²) in [6, 6.07) is 18.0. The maximum Gasteiger partial charge on any atom is 0.330 e. The second-order valence-electron chi connectivity index (χ2n) is 8.75. The predicted molar refractivity (Wildman–Crippen MR) is 134 cm³/mol. The molecule has 184 valence electrons. The number of hydrogen-bond donors (Lipinski definition) is 2. The molecule has 1 aromatic heterocycles. The summed E-state index contributed by atoms with van der Waals surface area (Å²) < 4.78 is 24.2. The van der Waals surface area contributed by atoms with E-state index in [9.17, 15) is 18.8 Å². The fourth-order valence-electron chi connectivity index (χ4n) is 3.93. The van der Waals surface area contributed by atoms with Crippen LogP contribution in [0.3, 0.4) is 0 Å². The fraction of sp³-hybridized carbons (Fsp3) is 0.179. The van der Waals surface area contributed by atoms with E-state index < -0.39 is 23.2 Å². The van der Waals surface area contributed by atoms with Gasteiger partial charge in [0.05, 0.1) is 12.7 Å². The SMILES string of the molecule is CNC(=O)c1c(-c2ccc(F)cc2)oc2ccc(-c3cccc(C(=O)NC(C)(C)C(=O)OC)c3)cc12. The highest BCUT2D eigenvalue weighted by Crippen LogP contribution is 2.36. The van der Waals surface area contributed by atoms with E-state index in [1.165, 1.54) is 26.3 Å². The van der Waals surface area contributed by atoms with Crippen LogP contribution in [0.4, 0.5) is 4.39 Å². The lowest BCUT2D eigenvalue weighted by atomic mass is 9.98. The number of carbonyl (C=O) groups excluding carboxylic acids is 3. The Morgan fingerprint density at radius 3 is 2.22 bits per heavy atom. The summed E-state index contributed by atoms with van der Waals surface area (Å²) >= 11 is 0. The summed E-state index contributed by atoms with van der Waals surface area (Å²) in [4.78, 5) is 37.6. The summed E-state index contributed by atoms with van der Waals surface area (Å²) in [5.41, 5.74) is 2.03. The number of rotatable bonds is 6. The number of carbonyl (C=O) groups is 3. The lowest BCUT2D eigenvalue weighted by Gasteiger charge is -2.23. The second kappa shape index (κ2) is 9.65. The molecule has 0 spiro atoms. The van der Waals surface area contributed by atoms with Gasteiger partial charge in [-0.1, -0.05) is 18.2 Å². The maximum atomic E-state index is 13.4. The number of esters is 1. The van der Waals surface area contributed by atoms with Gasteiger partial charge in [-0.15, -0.1) is 0 Å². The Morgan fingerprint density at radius 1 is 0.889 bits per heavy atom. The molecular weight excluding hydrogens is 463 g/mol. The highest BCUT2D eigenvalue weighted by atomic mass is 19.1. The van der Waals surface area contributed by atoms with Crippen molar-refractivity contribution in [3.8, 4) is 22.5 Å². The molecule has 0 aliphatic rings. The molecule has 0 atom stereocenters. The summed E-state index contributed by atoms with van der Waals surface area (Å²) in [7, 11) is 2.79. The van der Waals surface area contributed by atoms with Gasteiger partial charge in [0, 0.05) is 23.6 Å². The number of furan rings is 1. The van der Waals surface area contributed by atoms with Crippen molar-refractivity contribution in [1.29, 1.82) is 0 Å². The van der Waals surface area contributed by atoms with Crippen LogP contribution in [-0.4, -0.2) is 37.5 Å². The van der Waals surface area contributed by atoms with E-state index in [4.69, 9.17) is 9.15 Å². The van der Waals surface area contributed by atoms with E-state index in [1.54, 1.807) is 50.2 Å². The lowest BCUT2D eigenvalue weighted by molar-refractivity contribution is -0.146. The number of benzene rings is 3. The van der Waals surface area contributed by atoms with Crippen LogP contribution in [0.5, 0.6) is 0 Å². The molecule has 3 aromatic carbocycles. The van der Waals surface area contributed by atoms with E-state index >= 15 is 0 Å². The Kier molecular flexibility index (Phi) is 6.61. The minimum absolute atomic E-state index is 0.328. The summed E-state index contributed by atoms with van der Waals surface area (Å²) in [5, 5.41) is 5.89. The molecular formula is C28H25FN2O5. The van der Waals surface area contributed by atoms with E-state index in [1.807, 2.05) is 18.2 Å². The molecule has 0 radical (unpaired) electrons. The third-order valence-electron chi connectivity index (χ3n) is 5.83. The van der Waals surface area contributed by atoms with Crippen molar-refractivity contribution in [2.24, 2.45) is 0 Å². The average Bonchev–Trinajstić information content (AvgIpc) is 3.26.